The summed E-state index contributed by atoms with van der Waals surface area (Å²) in [5, 5.41) is 14.8. The molecule has 3 heteroatoms. The van der Waals surface area contributed by atoms with E-state index < -0.39 is 0 Å². The lowest BCUT2D eigenvalue weighted by atomic mass is 10.1. The summed E-state index contributed by atoms with van der Waals surface area (Å²) in [6, 6.07) is 8.40. The van der Waals surface area contributed by atoms with Gasteiger partial charge < -0.3 is 5.11 Å². The Morgan fingerprint density at radius 2 is 1.83 bits per heavy atom. The minimum absolute atomic E-state index is 0.229. The van der Waals surface area contributed by atoms with Crippen molar-refractivity contribution in [1.82, 2.24) is 9.78 Å². The number of rotatable bonds is 3. The number of aromatic nitrogens is 2. The highest BCUT2D eigenvalue weighted by atomic mass is 16.3. The number of nitrogens with zero attached hydrogens (tertiary/aromatic N) is 2. The Bertz CT molecular complexity index is 538. The number of hydrogen-bond acceptors (Lipinski definition) is 2. The highest BCUT2D eigenvalue weighted by Crippen LogP contribution is 2.34. The third kappa shape index (κ3) is 2.13. The van der Waals surface area contributed by atoms with Gasteiger partial charge >= 0.3 is 0 Å². The fourth-order valence-electron chi connectivity index (χ4n) is 2.06. The van der Waals surface area contributed by atoms with Crippen molar-refractivity contribution in [2.45, 2.75) is 40.2 Å². The van der Waals surface area contributed by atoms with E-state index in [1.165, 1.54) is 5.56 Å². The van der Waals surface area contributed by atoms with Crippen LogP contribution in [-0.4, -0.2) is 14.9 Å². The highest BCUT2D eigenvalue weighted by molar-refractivity contribution is 5.68. The third-order valence-corrected chi connectivity index (χ3v) is 3.10. The average molecular weight is 244 g/mol. The molecule has 96 valence electrons. The standard InChI is InChI=1S/C15H20N2O/c1-5-13-15(18)14(17(16-13)10(2)3)12-8-6-11(4)7-9-12/h6-10,18H,5H2,1-4H3. The van der Waals surface area contributed by atoms with Gasteiger partial charge in [-0.15, -0.1) is 0 Å². The van der Waals surface area contributed by atoms with Crippen LogP contribution in [0.5, 0.6) is 5.75 Å². The van der Waals surface area contributed by atoms with E-state index in [2.05, 4.69) is 38.0 Å². The monoisotopic (exact) mass is 244 g/mol. The molecule has 0 bridgehead atoms. The molecule has 3 nitrogen and oxygen atoms in total. The summed E-state index contributed by atoms with van der Waals surface area (Å²) in [5.41, 5.74) is 3.81. The zero-order chi connectivity index (χ0) is 13.3. The van der Waals surface area contributed by atoms with Crippen molar-refractivity contribution >= 4 is 0 Å². The van der Waals surface area contributed by atoms with Gasteiger partial charge in [0.05, 0.1) is 0 Å². The van der Waals surface area contributed by atoms with Crippen molar-refractivity contribution < 1.29 is 5.11 Å². The molecule has 0 aliphatic heterocycles. The number of benzene rings is 1. The van der Waals surface area contributed by atoms with E-state index in [0.29, 0.717) is 5.75 Å². The van der Waals surface area contributed by atoms with Gasteiger partial charge in [-0.05, 0) is 27.2 Å². The number of aromatic hydroxyl groups is 1. The molecule has 0 unspecified atom stereocenters. The van der Waals surface area contributed by atoms with Gasteiger partial charge in [0.2, 0.25) is 0 Å². The summed E-state index contributed by atoms with van der Waals surface area (Å²) in [6.07, 6.45) is 0.740. The molecule has 0 amide bonds. The molecule has 1 heterocycles. The molecular formula is C15H20N2O. The predicted molar refractivity (Wildman–Crippen MR) is 73.8 cm³/mol. The summed E-state index contributed by atoms with van der Waals surface area (Å²) in [4.78, 5) is 0. The normalized spacial score (nSPS) is 11.2. The van der Waals surface area contributed by atoms with Crippen LogP contribution in [0.15, 0.2) is 24.3 Å². The summed E-state index contributed by atoms with van der Waals surface area (Å²) in [6.45, 7) is 8.21. The molecule has 0 radical (unpaired) electrons. The van der Waals surface area contributed by atoms with Crippen LogP contribution < -0.4 is 0 Å². The maximum absolute atomic E-state index is 10.3. The Kier molecular flexibility index (Phi) is 3.41. The second kappa shape index (κ2) is 4.84. The maximum atomic E-state index is 10.3. The van der Waals surface area contributed by atoms with Crippen LogP contribution in [0.1, 0.15) is 38.1 Å². The first-order chi connectivity index (χ1) is 8.54. The fourth-order valence-corrected chi connectivity index (χ4v) is 2.06. The molecule has 0 aliphatic rings. The molecule has 18 heavy (non-hydrogen) atoms. The fraction of sp³-hybridized carbons (Fsp3) is 0.400. The topological polar surface area (TPSA) is 38.0 Å². The Hall–Kier alpha value is -1.77. The zero-order valence-corrected chi connectivity index (χ0v) is 11.4. The van der Waals surface area contributed by atoms with E-state index in [0.717, 1.165) is 23.4 Å². The quantitative estimate of drug-likeness (QED) is 0.893. The molecule has 0 spiro atoms. The van der Waals surface area contributed by atoms with E-state index in [4.69, 9.17) is 0 Å². The first kappa shape index (κ1) is 12.7. The van der Waals surface area contributed by atoms with Crippen LogP contribution in [0.25, 0.3) is 11.3 Å². The van der Waals surface area contributed by atoms with Crippen LogP contribution in [-0.2, 0) is 6.42 Å². The molecule has 1 aromatic heterocycles. The second-order valence-electron chi connectivity index (χ2n) is 4.90. The van der Waals surface area contributed by atoms with E-state index in [-0.39, 0.29) is 6.04 Å². The van der Waals surface area contributed by atoms with E-state index >= 15 is 0 Å². The molecule has 0 fully saturated rings. The molecule has 1 N–H and O–H groups in total. The van der Waals surface area contributed by atoms with Crippen LogP contribution in [0.2, 0.25) is 0 Å². The van der Waals surface area contributed by atoms with E-state index in [1.54, 1.807) is 0 Å². The first-order valence-electron chi connectivity index (χ1n) is 6.42. The second-order valence-corrected chi connectivity index (χ2v) is 4.90. The van der Waals surface area contributed by atoms with Crippen LogP contribution in [0, 0.1) is 6.92 Å². The predicted octanol–water partition coefficient (Wildman–Crippen LogP) is 3.71. The van der Waals surface area contributed by atoms with Gasteiger partial charge in [0.25, 0.3) is 0 Å². The van der Waals surface area contributed by atoms with Gasteiger partial charge in [0.1, 0.15) is 11.4 Å². The minimum Gasteiger partial charge on any atom is -0.504 e. The van der Waals surface area contributed by atoms with Gasteiger partial charge in [0, 0.05) is 11.6 Å². The van der Waals surface area contributed by atoms with Crippen LogP contribution in [0.4, 0.5) is 0 Å². The van der Waals surface area contributed by atoms with Gasteiger partial charge in [-0.1, -0.05) is 36.8 Å². The van der Waals surface area contributed by atoms with E-state index in [9.17, 15) is 5.11 Å². The maximum Gasteiger partial charge on any atom is 0.164 e. The molecule has 2 rings (SSSR count). The number of aryl methyl sites for hydroxylation is 2. The average Bonchev–Trinajstić information content (AvgIpc) is 2.68. The molecule has 2 aromatic rings. The molecule has 1 aromatic carbocycles. The molecular weight excluding hydrogens is 224 g/mol. The minimum atomic E-state index is 0.229. The lowest BCUT2D eigenvalue weighted by Gasteiger charge is -2.11. The van der Waals surface area contributed by atoms with E-state index in [1.807, 2.05) is 23.7 Å². The molecule has 0 saturated carbocycles. The first-order valence-corrected chi connectivity index (χ1v) is 6.42. The van der Waals surface area contributed by atoms with Crippen molar-refractivity contribution in [3.8, 4) is 17.0 Å². The zero-order valence-electron chi connectivity index (χ0n) is 11.4. The van der Waals surface area contributed by atoms with Crippen molar-refractivity contribution in [3.05, 3.63) is 35.5 Å². The van der Waals surface area contributed by atoms with Gasteiger partial charge in [0.15, 0.2) is 5.75 Å². The SMILES string of the molecule is CCc1nn(C(C)C)c(-c2ccc(C)cc2)c1O. The van der Waals surface area contributed by atoms with Gasteiger partial charge in [-0.2, -0.15) is 5.10 Å². The molecule has 0 atom stereocenters. The Morgan fingerprint density at radius 1 is 1.22 bits per heavy atom. The Balaban J connectivity index is 2.61. The van der Waals surface area contributed by atoms with Crippen molar-refractivity contribution in [2.24, 2.45) is 0 Å². The lowest BCUT2D eigenvalue weighted by Crippen LogP contribution is -2.05. The largest absolute Gasteiger partial charge is 0.504 e. The van der Waals surface area contributed by atoms with Gasteiger partial charge in [-0.3, -0.25) is 4.68 Å². The Morgan fingerprint density at radius 3 is 2.33 bits per heavy atom. The highest BCUT2D eigenvalue weighted by Gasteiger charge is 2.18. The number of hydrogen-bond donors (Lipinski definition) is 1. The van der Waals surface area contributed by atoms with Crippen LogP contribution in [0.3, 0.4) is 0 Å². The van der Waals surface area contributed by atoms with Crippen LogP contribution >= 0.6 is 0 Å². The lowest BCUT2D eigenvalue weighted by molar-refractivity contribution is 0.469. The molecule has 0 saturated heterocycles. The Labute approximate surface area is 108 Å². The summed E-state index contributed by atoms with van der Waals surface area (Å²) >= 11 is 0. The summed E-state index contributed by atoms with van der Waals surface area (Å²) in [5.74, 6) is 0.315. The van der Waals surface area contributed by atoms with Crippen molar-refractivity contribution in [1.29, 1.82) is 0 Å². The summed E-state index contributed by atoms with van der Waals surface area (Å²) in [7, 11) is 0. The van der Waals surface area contributed by atoms with Crippen molar-refractivity contribution in [2.75, 3.05) is 0 Å². The van der Waals surface area contributed by atoms with Crippen molar-refractivity contribution in [3.63, 3.8) is 0 Å². The third-order valence-electron chi connectivity index (χ3n) is 3.10. The van der Waals surface area contributed by atoms with Gasteiger partial charge in [-0.25, -0.2) is 0 Å². The summed E-state index contributed by atoms with van der Waals surface area (Å²) < 4.78 is 1.90. The molecule has 0 aliphatic carbocycles. The smallest absolute Gasteiger partial charge is 0.164 e.